The van der Waals surface area contributed by atoms with Crippen LogP contribution in [0.4, 0.5) is 5.69 Å². The third-order valence-electron chi connectivity index (χ3n) is 3.04. The fourth-order valence-corrected chi connectivity index (χ4v) is 3.08. The van der Waals surface area contributed by atoms with E-state index in [9.17, 15) is 0 Å². The third kappa shape index (κ3) is 3.94. The molecule has 1 aliphatic carbocycles. The van der Waals surface area contributed by atoms with Gasteiger partial charge >= 0.3 is 0 Å². The lowest BCUT2D eigenvalue weighted by molar-refractivity contribution is 0.624. The van der Waals surface area contributed by atoms with Gasteiger partial charge in [-0.05, 0) is 36.8 Å². The molecule has 2 rings (SSSR count). The van der Waals surface area contributed by atoms with E-state index in [1.165, 1.54) is 25.7 Å². The van der Waals surface area contributed by atoms with Crippen LogP contribution in [-0.4, -0.2) is 10.8 Å². The van der Waals surface area contributed by atoms with E-state index >= 15 is 0 Å². The first-order chi connectivity index (χ1) is 8.38. The van der Waals surface area contributed by atoms with Gasteiger partial charge in [0.2, 0.25) is 0 Å². The number of terminal acetylenes is 1. The minimum Gasteiger partial charge on any atom is -0.233 e. The van der Waals surface area contributed by atoms with Crippen molar-refractivity contribution in [3.05, 3.63) is 30.3 Å². The lowest BCUT2D eigenvalue weighted by Crippen LogP contribution is -1.99. The van der Waals surface area contributed by atoms with Crippen LogP contribution in [0.25, 0.3) is 0 Å². The van der Waals surface area contributed by atoms with Crippen molar-refractivity contribution in [2.24, 2.45) is 10.9 Å². The molecule has 1 fully saturated rings. The standard InChI is InChI=1S/C15H17NS/c1-2-15(16-14-10-4-3-5-11-14)17-12-13-8-6-7-9-13/h1,3-5,10-11,13H,6-9,12H2. The summed E-state index contributed by atoms with van der Waals surface area (Å²) in [7, 11) is 0. The summed E-state index contributed by atoms with van der Waals surface area (Å²) in [6.45, 7) is 0. The summed E-state index contributed by atoms with van der Waals surface area (Å²) >= 11 is 1.73. The van der Waals surface area contributed by atoms with Gasteiger partial charge in [-0.1, -0.05) is 42.8 Å². The normalized spacial score (nSPS) is 17.0. The average Bonchev–Trinajstić information content (AvgIpc) is 2.89. The summed E-state index contributed by atoms with van der Waals surface area (Å²) in [6.07, 6.45) is 11.0. The van der Waals surface area contributed by atoms with Crippen LogP contribution in [0.3, 0.4) is 0 Å². The predicted molar refractivity (Wildman–Crippen MR) is 76.8 cm³/mol. The second-order valence-electron chi connectivity index (χ2n) is 4.36. The number of aliphatic imine (C=N–C) groups is 1. The first kappa shape index (κ1) is 12.3. The van der Waals surface area contributed by atoms with E-state index < -0.39 is 0 Å². The van der Waals surface area contributed by atoms with Crippen molar-refractivity contribution in [1.29, 1.82) is 0 Å². The fraction of sp³-hybridized carbons (Fsp3) is 0.400. The molecule has 0 heterocycles. The molecule has 1 aliphatic rings. The Kier molecular flexibility index (Phi) is 4.70. The molecule has 0 amide bonds. The maximum atomic E-state index is 5.50. The molecule has 0 atom stereocenters. The number of hydrogen-bond acceptors (Lipinski definition) is 2. The van der Waals surface area contributed by atoms with Gasteiger partial charge < -0.3 is 0 Å². The summed E-state index contributed by atoms with van der Waals surface area (Å²) in [4.78, 5) is 4.48. The maximum Gasteiger partial charge on any atom is 0.146 e. The van der Waals surface area contributed by atoms with Gasteiger partial charge in [0.1, 0.15) is 5.04 Å². The SMILES string of the molecule is C#CC(=Nc1ccccc1)SCC1CCCC1. The summed E-state index contributed by atoms with van der Waals surface area (Å²) in [5, 5.41) is 0.808. The molecule has 17 heavy (non-hydrogen) atoms. The predicted octanol–water partition coefficient (Wildman–Crippen LogP) is 4.27. The number of benzene rings is 1. The largest absolute Gasteiger partial charge is 0.233 e. The Morgan fingerprint density at radius 3 is 2.65 bits per heavy atom. The van der Waals surface area contributed by atoms with E-state index in [-0.39, 0.29) is 0 Å². The molecular formula is C15H17NS. The smallest absolute Gasteiger partial charge is 0.146 e. The molecule has 1 saturated carbocycles. The Morgan fingerprint density at radius 2 is 2.00 bits per heavy atom. The van der Waals surface area contributed by atoms with Crippen molar-refractivity contribution in [2.75, 3.05) is 5.75 Å². The van der Waals surface area contributed by atoms with Crippen molar-refractivity contribution in [3.8, 4) is 12.3 Å². The lowest BCUT2D eigenvalue weighted by atomic mass is 10.1. The van der Waals surface area contributed by atoms with E-state index in [1.54, 1.807) is 11.8 Å². The summed E-state index contributed by atoms with van der Waals surface area (Å²) in [5.74, 6) is 4.65. The molecule has 1 aromatic rings. The van der Waals surface area contributed by atoms with Crippen LogP contribution in [0.2, 0.25) is 0 Å². The van der Waals surface area contributed by atoms with Gasteiger partial charge in [0.25, 0.3) is 0 Å². The first-order valence-electron chi connectivity index (χ1n) is 6.11. The summed E-state index contributed by atoms with van der Waals surface area (Å²) < 4.78 is 0. The van der Waals surface area contributed by atoms with Crippen LogP contribution in [-0.2, 0) is 0 Å². The zero-order valence-electron chi connectivity index (χ0n) is 9.93. The van der Waals surface area contributed by atoms with Gasteiger partial charge in [-0.2, -0.15) is 0 Å². The molecule has 1 aromatic carbocycles. The van der Waals surface area contributed by atoms with Crippen molar-refractivity contribution in [3.63, 3.8) is 0 Å². The highest BCUT2D eigenvalue weighted by atomic mass is 32.2. The van der Waals surface area contributed by atoms with Gasteiger partial charge in [0, 0.05) is 5.75 Å². The topological polar surface area (TPSA) is 12.4 Å². The highest BCUT2D eigenvalue weighted by molar-refractivity contribution is 8.14. The fourth-order valence-electron chi connectivity index (χ4n) is 2.10. The minimum atomic E-state index is 0.808. The molecule has 0 radical (unpaired) electrons. The second-order valence-corrected chi connectivity index (χ2v) is 5.37. The highest BCUT2D eigenvalue weighted by Crippen LogP contribution is 2.28. The van der Waals surface area contributed by atoms with E-state index in [1.807, 2.05) is 30.3 Å². The van der Waals surface area contributed by atoms with Gasteiger partial charge in [0.05, 0.1) is 5.69 Å². The molecule has 0 spiro atoms. The molecule has 0 unspecified atom stereocenters. The average molecular weight is 243 g/mol. The van der Waals surface area contributed by atoms with Crippen molar-refractivity contribution in [1.82, 2.24) is 0 Å². The highest BCUT2D eigenvalue weighted by Gasteiger charge is 2.15. The van der Waals surface area contributed by atoms with Crippen molar-refractivity contribution < 1.29 is 0 Å². The zero-order chi connectivity index (χ0) is 11.9. The molecule has 0 aromatic heterocycles. The number of hydrogen-bond donors (Lipinski definition) is 0. The molecular weight excluding hydrogens is 226 g/mol. The van der Waals surface area contributed by atoms with Crippen LogP contribution >= 0.6 is 11.8 Å². The maximum absolute atomic E-state index is 5.50. The Balaban J connectivity index is 1.92. The monoisotopic (exact) mass is 243 g/mol. The molecule has 0 bridgehead atoms. The zero-order valence-corrected chi connectivity index (χ0v) is 10.7. The summed E-state index contributed by atoms with van der Waals surface area (Å²) in [5.41, 5.74) is 0.944. The first-order valence-corrected chi connectivity index (χ1v) is 7.10. The quantitative estimate of drug-likeness (QED) is 0.438. The Labute approximate surface area is 108 Å². The van der Waals surface area contributed by atoms with Gasteiger partial charge in [-0.3, -0.25) is 0 Å². The van der Waals surface area contributed by atoms with Gasteiger partial charge in [-0.15, -0.1) is 6.42 Å². The van der Waals surface area contributed by atoms with Crippen LogP contribution in [0, 0.1) is 18.3 Å². The number of para-hydroxylation sites is 1. The molecule has 2 heteroatoms. The molecule has 1 nitrogen and oxygen atoms in total. The van der Waals surface area contributed by atoms with Crippen LogP contribution in [0.15, 0.2) is 35.3 Å². The summed E-state index contributed by atoms with van der Waals surface area (Å²) in [6, 6.07) is 9.91. The van der Waals surface area contributed by atoms with Gasteiger partial charge in [0.15, 0.2) is 0 Å². The Bertz CT molecular complexity index is 410. The second kappa shape index (κ2) is 6.51. The van der Waals surface area contributed by atoms with Crippen LogP contribution < -0.4 is 0 Å². The van der Waals surface area contributed by atoms with E-state index in [0.717, 1.165) is 22.4 Å². The lowest BCUT2D eigenvalue weighted by Gasteiger charge is -2.06. The van der Waals surface area contributed by atoms with E-state index in [2.05, 4.69) is 10.9 Å². The van der Waals surface area contributed by atoms with Crippen LogP contribution in [0.5, 0.6) is 0 Å². The molecule has 0 N–H and O–H groups in total. The molecule has 0 aliphatic heterocycles. The number of nitrogens with zero attached hydrogens (tertiary/aromatic N) is 1. The van der Waals surface area contributed by atoms with Crippen LogP contribution in [0.1, 0.15) is 25.7 Å². The molecule has 0 saturated heterocycles. The third-order valence-corrected chi connectivity index (χ3v) is 4.16. The van der Waals surface area contributed by atoms with Crippen molar-refractivity contribution >= 4 is 22.5 Å². The minimum absolute atomic E-state index is 0.808. The number of rotatable bonds is 3. The van der Waals surface area contributed by atoms with E-state index in [4.69, 9.17) is 6.42 Å². The van der Waals surface area contributed by atoms with Crippen molar-refractivity contribution in [2.45, 2.75) is 25.7 Å². The number of thioether (sulfide) groups is 1. The Hall–Kier alpha value is -1.20. The Morgan fingerprint density at radius 1 is 1.29 bits per heavy atom. The van der Waals surface area contributed by atoms with E-state index in [0.29, 0.717) is 0 Å². The van der Waals surface area contributed by atoms with Gasteiger partial charge in [-0.25, -0.2) is 4.99 Å². The molecule has 88 valence electrons.